The van der Waals surface area contributed by atoms with Crippen LogP contribution in [0, 0.1) is 0 Å². The van der Waals surface area contributed by atoms with E-state index >= 15 is 0 Å². The van der Waals surface area contributed by atoms with Gasteiger partial charge in [-0.05, 0) is 25.9 Å². The summed E-state index contributed by atoms with van der Waals surface area (Å²) in [6, 6.07) is 0.158. The van der Waals surface area contributed by atoms with Gasteiger partial charge in [0.05, 0.1) is 0 Å². The summed E-state index contributed by atoms with van der Waals surface area (Å²) in [7, 11) is 0. The minimum Gasteiger partial charge on any atom is -0.370 e. The number of hydrogen-bond donors (Lipinski definition) is 2. The molecule has 4 N–H and O–H groups in total. The topological polar surface area (TPSA) is 72.3 Å². The number of rotatable bonds is 4. The Morgan fingerprint density at radius 3 is 2.21 bits per heavy atom. The molecule has 1 saturated heterocycles. The summed E-state index contributed by atoms with van der Waals surface area (Å²) >= 11 is 0. The fraction of sp³-hybridized carbons (Fsp3) is 0.900. The van der Waals surface area contributed by atoms with E-state index in [0.717, 1.165) is 13.1 Å². The molecule has 1 fully saturated rings. The molecular formula is C10H21N3O. The molecule has 1 unspecified atom stereocenters. The molecular weight excluding hydrogens is 178 g/mol. The van der Waals surface area contributed by atoms with Crippen molar-refractivity contribution < 1.29 is 4.79 Å². The van der Waals surface area contributed by atoms with E-state index in [2.05, 4.69) is 4.90 Å². The molecule has 1 atom stereocenters. The molecule has 1 heterocycles. The Balaban J connectivity index is 2.44. The van der Waals surface area contributed by atoms with Gasteiger partial charge in [0.25, 0.3) is 0 Å². The number of hydrogen-bond acceptors (Lipinski definition) is 3. The molecule has 0 radical (unpaired) electrons. The Morgan fingerprint density at radius 2 is 1.79 bits per heavy atom. The van der Waals surface area contributed by atoms with E-state index in [4.69, 9.17) is 11.5 Å². The first kappa shape index (κ1) is 11.5. The molecule has 82 valence electrons. The molecule has 1 aliphatic heterocycles. The van der Waals surface area contributed by atoms with Gasteiger partial charge in [0.1, 0.15) is 0 Å². The van der Waals surface area contributed by atoms with E-state index in [1.54, 1.807) is 0 Å². The van der Waals surface area contributed by atoms with Crippen molar-refractivity contribution >= 4 is 5.91 Å². The Bertz CT molecular complexity index is 176. The van der Waals surface area contributed by atoms with E-state index in [-0.39, 0.29) is 11.9 Å². The zero-order valence-corrected chi connectivity index (χ0v) is 8.74. The molecule has 0 bridgehead atoms. The van der Waals surface area contributed by atoms with E-state index in [0.29, 0.717) is 13.0 Å². The maximum Gasteiger partial charge on any atom is 0.219 e. The van der Waals surface area contributed by atoms with Gasteiger partial charge < -0.3 is 11.5 Å². The number of amides is 1. The van der Waals surface area contributed by atoms with Crippen LogP contribution in [0.3, 0.4) is 0 Å². The molecule has 1 amide bonds. The van der Waals surface area contributed by atoms with Gasteiger partial charge >= 0.3 is 0 Å². The van der Waals surface area contributed by atoms with Crippen molar-refractivity contribution in [3.05, 3.63) is 0 Å². The molecule has 1 aliphatic rings. The van der Waals surface area contributed by atoms with E-state index in [1.165, 1.54) is 25.7 Å². The molecule has 1 rings (SSSR count). The van der Waals surface area contributed by atoms with Gasteiger partial charge in [0.2, 0.25) is 5.91 Å². The van der Waals surface area contributed by atoms with E-state index in [1.807, 2.05) is 0 Å². The van der Waals surface area contributed by atoms with Crippen LogP contribution < -0.4 is 11.5 Å². The molecule has 4 heteroatoms. The summed E-state index contributed by atoms with van der Waals surface area (Å²) in [4.78, 5) is 13.2. The third-order valence-electron chi connectivity index (χ3n) is 2.87. The summed E-state index contributed by atoms with van der Waals surface area (Å²) in [6.45, 7) is 2.66. The lowest BCUT2D eigenvalue weighted by atomic mass is 10.1. The number of primary amides is 1. The maximum atomic E-state index is 10.8. The van der Waals surface area contributed by atoms with Gasteiger partial charge in [-0.15, -0.1) is 0 Å². The smallest absolute Gasteiger partial charge is 0.219 e. The molecule has 0 spiro atoms. The predicted octanol–water partition coefficient (Wildman–Crippen LogP) is 0.0651. The maximum absolute atomic E-state index is 10.8. The monoisotopic (exact) mass is 199 g/mol. The van der Waals surface area contributed by atoms with Crippen molar-refractivity contribution in [3.63, 3.8) is 0 Å². The van der Waals surface area contributed by atoms with Gasteiger partial charge in [-0.1, -0.05) is 12.8 Å². The minimum absolute atomic E-state index is 0.158. The molecule has 0 saturated carbocycles. The fourth-order valence-electron chi connectivity index (χ4n) is 2.05. The highest BCUT2D eigenvalue weighted by atomic mass is 16.1. The lowest BCUT2D eigenvalue weighted by Gasteiger charge is -2.28. The summed E-state index contributed by atoms with van der Waals surface area (Å²) in [5.41, 5.74) is 10.8. The predicted molar refractivity (Wildman–Crippen MR) is 56.7 cm³/mol. The van der Waals surface area contributed by atoms with Crippen molar-refractivity contribution in [2.24, 2.45) is 11.5 Å². The van der Waals surface area contributed by atoms with Crippen LogP contribution in [-0.2, 0) is 4.79 Å². The van der Waals surface area contributed by atoms with Crippen molar-refractivity contribution in [1.82, 2.24) is 4.90 Å². The first-order valence-corrected chi connectivity index (χ1v) is 5.46. The number of carbonyl (C=O) groups is 1. The van der Waals surface area contributed by atoms with Crippen LogP contribution in [0.1, 0.15) is 32.1 Å². The van der Waals surface area contributed by atoms with Crippen molar-refractivity contribution in [1.29, 1.82) is 0 Å². The van der Waals surface area contributed by atoms with Gasteiger partial charge in [0.15, 0.2) is 0 Å². The molecule has 0 aromatic carbocycles. The average Bonchev–Trinajstić information content (AvgIpc) is 2.41. The van der Waals surface area contributed by atoms with Crippen LogP contribution in [-0.4, -0.2) is 36.5 Å². The standard InChI is InChI=1S/C10H21N3O/c11-8-9(7-10(12)14)13-5-3-1-2-4-6-13/h9H,1-8,11H2,(H2,12,14). The molecule has 4 nitrogen and oxygen atoms in total. The lowest BCUT2D eigenvalue weighted by Crippen LogP contribution is -2.43. The highest BCUT2D eigenvalue weighted by Gasteiger charge is 2.19. The zero-order valence-electron chi connectivity index (χ0n) is 8.74. The summed E-state index contributed by atoms with van der Waals surface area (Å²) in [6.07, 6.45) is 5.43. The van der Waals surface area contributed by atoms with Gasteiger partial charge in [-0.25, -0.2) is 0 Å². The Hall–Kier alpha value is -0.610. The largest absolute Gasteiger partial charge is 0.370 e. The molecule has 0 aromatic heterocycles. The Morgan fingerprint density at radius 1 is 1.21 bits per heavy atom. The zero-order chi connectivity index (χ0) is 10.4. The normalized spacial score (nSPS) is 21.5. The first-order valence-electron chi connectivity index (χ1n) is 5.46. The van der Waals surface area contributed by atoms with Gasteiger partial charge in [-0.2, -0.15) is 0 Å². The minimum atomic E-state index is -0.246. The molecule has 0 aliphatic carbocycles. The number of nitrogens with zero attached hydrogens (tertiary/aromatic N) is 1. The number of nitrogens with two attached hydrogens (primary N) is 2. The van der Waals surface area contributed by atoms with Crippen LogP contribution in [0.15, 0.2) is 0 Å². The third kappa shape index (κ3) is 3.64. The van der Waals surface area contributed by atoms with E-state index in [9.17, 15) is 4.79 Å². The second-order valence-corrected chi connectivity index (χ2v) is 4.01. The average molecular weight is 199 g/mol. The number of carbonyl (C=O) groups excluding carboxylic acids is 1. The third-order valence-corrected chi connectivity index (χ3v) is 2.87. The highest BCUT2D eigenvalue weighted by Crippen LogP contribution is 2.13. The molecule has 14 heavy (non-hydrogen) atoms. The van der Waals surface area contributed by atoms with Crippen LogP contribution in [0.4, 0.5) is 0 Å². The Labute approximate surface area is 85.6 Å². The molecule has 0 aromatic rings. The highest BCUT2D eigenvalue weighted by molar-refractivity contribution is 5.74. The lowest BCUT2D eigenvalue weighted by molar-refractivity contribution is -0.119. The number of likely N-dealkylation sites (tertiary alicyclic amines) is 1. The quantitative estimate of drug-likeness (QED) is 0.672. The van der Waals surface area contributed by atoms with E-state index < -0.39 is 0 Å². The van der Waals surface area contributed by atoms with Crippen LogP contribution in [0.25, 0.3) is 0 Å². The SMILES string of the molecule is NCC(CC(N)=O)N1CCCCCC1. The van der Waals surface area contributed by atoms with Crippen LogP contribution >= 0.6 is 0 Å². The van der Waals surface area contributed by atoms with Crippen LogP contribution in [0.5, 0.6) is 0 Å². The first-order chi connectivity index (χ1) is 6.74. The fourth-order valence-corrected chi connectivity index (χ4v) is 2.05. The van der Waals surface area contributed by atoms with Crippen molar-refractivity contribution in [2.75, 3.05) is 19.6 Å². The summed E-state index contributed by atoms with van der Waals surface area (Å²) < 4.78 is 0. The summed E-state index contributed by atoms with van der Waals surface area (Å²) in [5, 5.41) is 0. The Kier molecular flexibility index (Phi) is 4.90. The van der Waals surface area contributed by atoms with Crippen molar-refractivity contribution in [3.8, 4) is 0 Å². The van der Waals surface area contributed by atoms with Crippen molar-refractivity contribution in [2.45, 2.75) is 38.1 Å². The second kappa shape index (κ2) is 5.98. The summed E-state index contributed by atoms with van der Waals surface area (Å²) in [5.74, 6) is -0.246. The van der Waals surface area contributed by atoms with Gasteiger partial charge in [0, 0.05) is 19.0 Å². The second-order valence-electron chi connectivity index (χ2n) is 4.01. The van der Waals surface area contributed by atoms with Crippen LogP contribution in [0.2, 0.25) is 0 Å². The van der Waals surface area contributed by atoms with Gasteiger partial charge in [-0.3, -0.25) is 9.69 Å².